The molecule has 0 bridgehead atoms. The summed E-state index contributed by atoms with van der Waals surface area (Å²) >= 11 is 0. The molecule has 0 aromatic rings. The minimum atomic E-state index is -0.513. The van der Waals surface area contributed by atoms with Crippen LogP contribution in [0.3, 0.4) is 0 Å². The summed E-state index contributed by atoms with van der Waals surface area (Å²) in [6, 6.07) is 0. The van der Waals surface area contributed by atoms with Crippen molar-refractivity contribution >= 4 is 25.0 Å². The Morgan fingerprint density at radius 1 is 1.71 bits per heavy atom. The van der Waals surface area contributed by atoms with E-state index < -0.39 is 8.11 Å². The molecule has 0 spiro atoms. The number of rotatable bonds is 2. The zero-order valence-electron chi connectivity index (χ0n) is 5.28. The van der Waals surface area contributed by atoms with Gasteiger partial charge in [0, 0.05) is 9.04 Å². The molecule has 0 aliphatic rings. The van der Waals surface area contributed by atoms with E-state index in [4.69, 9.17) is 5.05 Å². The lowest BCUT2D eigenvalue weighted by Gasteiger charge is -1.97. The molecule has 1 nitrogen and oxygen atoms in total. The third kappa shape index (κ3) is 3.07. The van der Waals surface area contributed by atoms with Crippen molar-refractivity contribution in [3.63, 3.8) is 0 Å². The van der Waals surface area contributed by atoms with E-state index in [1.807, 2.05) is 0 Å². The van der Waals surface area contributed by atoms with Gasteiger partial charge in [-0.25, -0.2) is 0 Å². The minimum absolute atomic E-state index is 0.288. The average molecular weight is 147 g/mol. The largest absolute Gasteiger partial charge is 0.356 e. The highest BCUT2D eigenvalue weighted by Crippen LogP contribution is 1.77. The van der Waals surface area contributed by atoms with E-state index in [1.165, 1.54) is 0 Å². The van der Waals surface area contributed by atoms with Gasteiger partial charge in [-0.2, -0.15) is 0 Å². The Hall–Kier alpha value is 0.451. The van der Waals surface area contributed by atoms with Gasteiger partial charge in [0.1, 0.15) is 0 Å². The summed E-state index contributed by atoms with van der Waals surface area (Å²) in [6.07, 6.45) is 0. The lowest BCUT2D eigenvalue weighted by molar-refractivity contribution is 1.59. The van der Waals surface area contributed by atoms with Gasteiger partial charge in [-0.3, -0.25) is 0 Å². The number of hydrogen-bond acceptors (Lipinski definition) is 1. The maximum atomic E-state index is 7.38. The third-order valence-corrected chi connectivity index (χ3v) is 21.3. The molecule has 1 N–H and O–H groups in total. The second-order valence-electron chi connectivity index (χ2n) is 1.99. The van der Waals surface area contributed by atoms with Gasteiger partial charge in [0.2, 0.25) is 0 Å². The molecule has 0 rings (SSSR count). The molecule has 0 amide bonds. The van der Waals surface area contributed by atoms with Crippen LogP contribution in [-0.4, -0.2) is 25.0 Å². The van der Waals surface area contributed by atoms with E-state index in [9.17, 15) is 0 Å². The maximum absolute atomic E-state index is 7.38. The van der Waals surface area contributed by atoms with Crippen molar-refractivity contribution < 1.29 is 0 Å². The maximum Gasteiger partial charge on any atom is 0.0918 e. The van der Waals surface area contributed by atoms with Gasteiger partial charge in [-0.1, -0.05) is 13.1 Å². The fraction of sp³-hybridized carbons (Fsp3) is 1.00. The predicted molar refractivity (Wildman–Crippen MR) is 41.8 cm³/mol. The lowest BCUT2D eigenvalue weighted by Crippen LogP contribution is -2.26. The molecule has 4 heteroatoms. The summed E-state index contributed by atoms with van der Waals surface area (Å²) in [5.74, 6) is 0. The van der Waals surface area contributed by atoms with Crippen LogP contribution in [-0.2, 0) is 0 Å². The van der Waals surface area contributed by atoms with Gasteiger partial charge in [-0.15, -0.1) is 0 Å². The van der Waals surface area contributed by atoms with Crippen LogP contribution >= 0.6 is 0 Å². The molecular formula is C3H13NSi3. The zero-order chi connectivity index (χ0) is 5.86. The van der Waals surface area contributed by atoms with Gasteiger partial charge in [0.05, 0.1) is 15.9 Å². The van der Waals surface area contributed by atoms with E-state index in [1.54, 1.807) is 0 Å². The van der Waals surface area contributed by atoms with Gasteiger partial charge in [0.25, 0.3) is 0 Å². The molecule has 0 aliphatic carbocycles. The molecule has 1 unspecified atom stereocenters. The van der Waals surface area contributed by atoms with E-state index in [0.29, 0.717) is 0 Å². The number of hydrogen-bond donors (Lipinski definition) is 1. The van der Waals surface area contributed by atoms with Gasteiger partial charge >= 0.3 is 0 Å². The Morgan fingerprint density at radius 3 is 2.14 bits per heavy atom. The summed E-state index contributed by atoms with van der Waals surface area (Å²) in [5.41, 5.74) is 0. The second-order valence-corrected chi connectivity index (χ2v) is 20.1. The first-order valence-electron chi connectivity index (χ1n) is 2.73. The molecular weight excluding hydrogens is 134 g/mol. The summed E-state index contributed by atoms with van der Waals surface area (Å²) in [7, 11) is -0.572. The summed E-state index contributed by atoms with van der Waals surface area (Å²) in [6.45, 7) is 6.84. The standard InChI is InChI=1S/C3H13NSi3/c1-5-7(3)6(2)4/h4,7H,5H2,1-3H3. The fourth-order valence-electron chi connectivity index (χ4n) is 0.306. The monoisotopic (exact) mass is 147 g/mol. The average Bonchev–Trinajstić information content (AvgIpc) is 1.65. The normalized spacial score (nSPS) is 15.3. The van der Waals surface area contributed by atoms with E-state index in [-0.39, 0.29) is 16.9 Å². The Bertz CT molecular complexity index is 72.6. The smallest absolute Gasteiger partial charge is 0.0918 e. The minimum Gasteiger partial charge on any atom is -0.356 e. The first kappa shape index (κ1) is 7.45. The first-order valence-corrected chi connectivity index (χ1v) is 12.4. The third-order valence-electron chi connectivity index (χ3n) is 1.35. The molecule has 0 aliphatic heterocycles. The predicted octanol–water partition coefficient (Wildman–Crippen LogP) is 0.104. The molecule has 7 heavy (non-hydrogen) atoms. The van der Waals surface area contributed by atoms with Gasteiger partial charge in [0.15, 0.2) is 0 Å². The molecule has 0 aromatic carbocycles. The van der Waals surface area contributed by atoms with Crippen LogP contribution in [0, 0.1) is 5.05 Å². The highest BCUT2D eigenvalue weighted by molar-refractivity contribution is 7.41. The highest BCUT2D eigenvalue weighted by Gasteiger charge is 2.01. The van der Waals surface area contributed by atoms with Crippen molar-refractivity contribution in [2.24, 2.45) is 0 Å². The fourth-order valence-corrected chi connectivity index (χ4v) is 8.27. The summed E-state index contributed by atoms with van der Waals surface area (Å²) in [5, 5.41) is 7.38. The van der Waals surface area contributed by atoms with Crippen molar-refractivity contribution in [2.45, 2.75) is 19.6 Å². The van der Waals surface area contributed by atoms with Gasteiger partial charge in [-0.05, 0) is 6.55 Å². The van der Waals surface area contributed by atoms with Crippen LogP contribution in [0.2, 0.25) is 19.6 Å². The Balaban J connectivity index is 3.34. The molecule has 0 saturated heterocycles. The molecule has 0 radical (unpaired) electrons. The molecule has 0 saturated carbocycles. The van der Waals surface area contributed by atoms with Crippen LogP contribution < -0.4 is 0 Å². The molecule has 1 atom stereocenters. The summed E-state index contributed by atoms with van der Waals surface area (Å²) < 4.78 is 0. The van der Waals surface area contributed by atoms with Crippen LogP contribution in [0.4, 0.5) is 0 Å². The first-order chi connectivity index (χ1) is 3.18. The van der Waals surface area contributed by atoms with Crippen LogP contribution in [0.5, 0.6) is 0 Å². The van der Waals surface area contributed by atoms with Crippen molar-refractivity contribution in [1.29, 1.82) is 5.05 Å². The highest BCUT2D eigenvalue weighted by atomic mass is 29.6. The second kappa shape index (κ2) is 3.45. The van der Waals surface area contributed by atoms with Crippen molar-refractivity contribution in [3.05, 3.63) is 0 Å². The van der Waals surface area contributed by atoms with Gasteiger partial charge < -0.3 is 5.05 Å². The Labute approximate surface area is 50.3 Å². The quantitative estimate of drug-likeness (QED) is 0.536. The molecule has 0 fully saturated rings. The van der Waals surface area contributed by atoms with Crippen molar-refractivity contribution in [3.8, 4) is 0 Å². The van der Waals surface area contributed by atoms with Crippen LogP contribution in [0.1, 0.15) is 0 Å². The van der Waals surface area contributed by atoms with Crippen LogP contribution in [0.25, 0.3) is 0 Å². The molecule has 0 aromatic heterocycles. The molecule has 42 valence electrons. The topological polar surface area (TPSA) is 23.9 Å². The van der Waals surface area contributed by atoms with Crippen molar-refractivity contribution in [2.75, 3.05) is 0 Å². The summed E-state index contributed by atoms with van der Waals surface area (Å²) in [4.78, 5) is 0. The Kier molecular flexibility index (Phi) is 3.67. The van der Waals surface area contributed by atoms with Crippen molar-refractivity contribution in [1.82, 2.24) is 0 Å². The zero-order valence-corrected chi connectivity index (χ0v) is 8.85. The Morgan fingerprint density at radius 2 is 2.14 bits per heavy atom. The van der Waals surface area contributed by atoms with E-state index >= 15 is 0 Å². The lowest BCUT2D eigenvalue weighted by atomic mass is 11.9. The van der Waals surface area contributed by atoms with Crippen LogP contribution in [0.15, 0.2) is 0 Å². The SMILES string of the molecule is C[SiH2][SiH](C)[Si](C)=N. The number of nitrogens with one attached hydrogen (secondary N) is 1. The van der Waals surface area contributed by atoms with E-state index in [2.05, 4.69) is 19.6 Å². The van der Waals surface area contributed by atoms with E-state index in [0.717, 1.165) is 0 Å². The molecule has 0 heterocycles.